The molecule has 6 heteroatoms. The molecule has 2 aliphatic heterocycles. The van der Waals surface area contributed by atoms with Crippen LogP contribution < -0.4 is 4.74 Å². The Hall–Kier alpha value is -2.44. The number of nitrogens with zero attached hydrogens (tertiary/aromatic N) is 2. The van der Waals surface area contributed by atoms with Crippen LogP contribution in [0.25, 0.3) is 0 Å². The number of hydrogen-bond acceptors (Lipinski definition) is 4. The Morgan fingerprint density at radius 1 is 1.00 bits per heavy atom. The predicted octanol–water partition coefficient (Wildman–Crippen LogP) is 6.27. The summed E-state index contributed by atoms with van der Waals surface area (Å²) in [5.74, 6) is 0.630. The summed E-state index contributed by atoms with van der Waals surface area (Å²) in [6, 6.07) is 21.5. The fraction of sp³-hybridized carbons (Fsp3) is 0.167. The summed E-state index contributed by atoms with van der Waals surface area (Å²) < 4.78 is 8.09. The van der Waals surface area contributed by atoms with Crippen LogP contribution >= 0.6 is 31.9 Å². The zero-order valence-corrected chi connectivity index (χ0v) is 19.4. The van der Waals surface area contributed by atoms with Crippen LogP contribution in [0.5, 0.6) is 5.75 Å². The van der Waals surface area contributed by atoms with Crippen LogP contribution in [0.2, 0.25) is 0 Å². The van der Waals surface area contributed by atoms with Crippen molar-refractivity contribution in [3.8, 4) is 5.75 Å². The Morgan fingerprint density at radius 3 is 2.43 bits per heavy atom. The normalized spacial score (nSPS) is 19.6. The van der Waals surface area contributed by atoms with Gasteiger partial charge in [-0.1, -0.05) is 73.8 Å². The first-order valence-electron chi connectivity index (χ1n) is 9.68. The Kier molecular flexibility index (Phi) is 4.99. The maximum Gasteiger partial charge on any atom is 0.251 e. The standard InChI is InChI=1S/C24H18Br2N2O2/c1-14-2-4-15(5-3-14)20-13-21-19-12-18(26)10-11-22(19)30-24(28(21)27-20)23(29)16-6-8-17(25)9-7-16/h2-12,21,24H,13H2,1H3/t21-,24-/m1/s1. The zero-order valence-electron chi connectivity index (χ0n) is 16.2. The molecule has 4 nitrogen and oxygen atoms in total. The van der Waals surface area contributed by atoms with Gasteiger partial charge in [0, 0.05) is 26.5 Å². The number of Topliss-reactive ketones (excluding diaryl/α,β-unsaturated/α-hetero) is 1. The molecule has 0 aliphatic carbocycles. The van der Waals surface area contributed by atoms with Crippen molar-refractivity contribution in [1.29, 1.82) is 0 Å². The molecule has 0 saturated heterocycles. The molecule has 3 aromatic rings. The van der Waals surface area contributed by atoms with Gasteiger partial charge in [0.15, 0.2) is 0 Å². The van der Waals surface area contributed by atoms with Gasteiger partial charge in [0.05, 0.1) is 11.8 Å². The van der Waals surface area contributed by atoms with Gasteiger partial charge in [-0.05, 0) is 42.8 Å². The molecule has 0 unspecified atom stereocenters. The number of hydrazone groups is 1. The van der Waals surface area contributed by atoms with Crippen LogP contribution in [0.3, 0.4) is 0 Å². The number of hydrogen-bond donors (Lipinski definition) is 0. The van der Waals surface area contributed by atoms with Crippen molar-refractivity contribution in [1.82, 2.24) is 5.01 Å². The molecule has 2 aliphatic rings. The van der Waals surface area contributed by atoms with E-state index in [0.717, 1.165) is 38.0 Å². The van der Waals surface area contributed by atoms with Gasteiger partial charge < -0.3 is 4.74 Å². The van der Waals surface area contributed by atoms with Crippen molar-refractivity contribution in [3.63, 3.8) is 0 Å². The number of carbonyl (C=O) groups excluding carboxylic acids is 1. The van der Waals surface area contributed by atoms with Gasteiger partial charge in [-0.25, -0.2) is 5.01 Å². The number of aryl methyl sites for hydroxylation is 1. The highest BCUT2D eigenvalue weighted by atomic mass is 79.9. The summed E-state index contributed by atoms with van der Waals surface area (Å²) >= 11 is 6.98. The van der Waals surface area contributed by atoms with Crippen molar-refractivity contribution in [2.45, 2.75) is 25.6 Å². The second kappa shape index (κ2) is 7.67. The van der Waals surface area contributed by atoms with Crippen molar-refractivity contribution in [2.75, 3.05) is 0 Å². The van der Waals surface area contributed by atoms with Crippen molar-refractivity contribution in [3.05, 3.63) is 97.9 Å². The molecule has 0 bridgehead atoms. The number of ketones is 1. The number of fused-ring (bicyclic) bond motifs is 3. The minimum absolute atomic E-state index is 0.0491. The van der Waals surface area contributed by atoms with E-state index in [-0.39, 0.29) is 11.8 Å². The molecule has 30 heavy (non-hydrogen) atoms. The van der Waals surface area contributed by atoms with Gasteiger partial charge in [-0.15, -0.1) is 0 Å². The summed E-state index contributed by atoms with van der Waals surface area (Å²) in [6.07, 6.45) is -0.0761. The van der Waals surface area contributed by atoms with Gasteiger partial charge in [0.2, 0.25) is 5.78 Å². The molecule has 0 saturated carbocycles. The number of carbonyl (C=O) groups is 1. The number of ether oxygens (including phenoxy) is 1. The minimum atomic E-state index is -0.798. The van der Waals surface area contributed by atoms with E-state index in [1.807, 2.05) is 41.4 Å². The van der Waals surface area contributed by atoms with Crippen LogP contribution in [-0.4, -0.2) is 22.7 Å². The first-order valence-corrected chi connectivity index (χ1v) is 11.3. The van der Waals surface area contributed by atoms with E-state index in [0.29, 0.717) is 5.56 Å². The Morgan fingerprint density at radius 2 is 1.70 bits per heavy atom. The molecule has 0 N–H and O–H groups in total. The fourth-order valence-corrected chi connectivity index (χ4v) is 4.55. The lowest BCUT2D eigenvalue weighted by Crippen LogP contribution is -2.45. The smallest absolute Gasteiger partial charge is 0.251 e. The van der Waals surface area contributed by atoms with Crippen LogP contribution in [0.15, 0.2) is 80.8 Å². The monoisotopic (exact) mass is 524 g/mol. The molecule has 5 rings (SSSR count). The van der Waals surface area contributed by atoms with Crippen LogP contribution in [-0.2, 0) is 0 Å². The topological polar surface area (TPSA) is 41.9 Å². The van der Waals surface area contributed by atoms with E-state index in [1.54, 1.807) is 0 Å². The van der Waals surface area contributed by atoms with Gasteiger partial charge in [0.1, 0.15) is 5.75 Å². The fourth-order valence-electron chi connectivity index (χ4n) is 3.91. The summed E-state index contributed by atoms with van der Waals surface area (Å²) in [4.78, 5) is 13.4. The van der Waals surface area contributed by atoms with Gasteiger partial charge in [-0.3, -0.25) is 4.79 Å². The van der Waals surface area contributed by atoms with E-state index in [2.05, 4.69) is 69.1 Å². The quantitative estimate of drug-likeness (QED) is 0.378. The van der Waals surface area contributed by atoms with E-state index in [1.165, 1.54) is 5.56 Å². The summed E-state index contributed by atoms with van der Waals surface area (Å²) in [7, 11) is 0. The van der Waals surface area contributed by atoms with Gasteiger partial charge in [0.25, 0.3) is 6.23 Å². The molecule has 0 radical (unpaired) electrons. The lowest BCUT2D eigenvalue weighted by atomic mass is 9.95. The highest BCUT2D eigenvalue weighted by molar-refractivity contribution is 9.10. The highest BCUT2D eigenvalue weighted by Crippen LogP contribution is 2.44. The maximum absolute atomic E-state index is 13.4. The third kappa shape index (κ3) is 3.48. The summed E-state index contributed by atoms with van der Waals surface area (Å²) in [6.45, 7) is 2.07. The molecule has 0 fully saturated rings. The average molecular weight is 526 g/mol. The highest BCUT2D eigenvalue weighted by Gasteiger charge is 2.43. The number of benzene rings is 3. The zero-order chi connectivity index (χ0) is 20.8. The molecule has 0 spiro atoms. The third-order valence-electron chi connectivity index (χ3n) is 5.49. The summed E-state index contributed by atoms with van der Waals surface area (Å²) in [5, 5.41) is 6.69. The molecule has 150 valence electrons. The molecule has 0 amide bonds. The maximum atomic E-state index is 13.4. The van der Waals surface area contributed by atoms with Crippen LogP contribution in [0, 0.1) is 6.92 Å². The molecular formula is C24H18Br2N2O2. The van der Waals surface area contributed by atoms with Gasteiger partial charge >= 0.3 is 0 Å². The Labute approximate surface area is 191 Å². The summed E-state index contributed by atoms with van der Waals surface area (Å²) in [5.41, 5.74) is 4.87. The van der Waals surface area contributed by atoms with E-state index >= 15 is 0 Å². The number of rotatable bonds is 3. The van der Waals surface area contributed by atoms with Crippen molar-refractivity contribution in [2.24, 2.45) is 5.10 Å². The molecule has 0 aromatic heterocycles. The van der Waals surface area contributed by atoms with Crippen LogP contribution in [0.4, 0.5) is 0 Å². The SMILES string of the molecule is Cc1ccc(C2=NN3[C@@H](C(=O)c4ccc(Br)cc4)Oc4ccc(Br)cc4[C@H]3C2)cc1. The number of halogens is 2. The van der Waals surface area contributed by atoms with Crippen LogP contribution in [0.1, 0.15) is 39.5 Å². The van der Waals surface area contributed by atoms with E-state index in [9.17, 15) is 4.79 Å². The van der Waals surface area contributed by atoms with Crippen molar-refractivity contribution < 1.29 is 9.53 Å². The second-order valence-electron chi connectivity index (χ2n) is 7.54. The third-order valence-corrected chi connectivity index (χ3v) is 6.51. The predicted molar refractivity (Wildman–Crippen MR) is 124 cm³/mol. The lowest BCUT2D eigenvalue weighted by molar-refractivity contribution is -0.00459. The van der Waals surface area contributed by atoms with E-state index in [4.69, 9.17) is 9.84 Å². The first kappa shape index (κ1) is 19.5. The largest absolute Gasteiger partial charge is 0.461 e. The Bertz CT molecular complexity index is 1160. The minimum Gasteiger partial charge on any atom is -0.461 e. The second-order valence-corrected chi connectivity index (χ2v) is 9.37. The molecule has 2 atom stereocenters. The first-order chi connectivity index (χ1) is 14.5. The molecular weight excluding hydrogens is 508 g/mol. The lowest BCUT2D eigenvalue weighted by Gasteiger charge is -2.37. The van der Waals surface area contributed by atoms with Crippen molar-refractivity contribution >= 4 is 43.4 Å². The molecule has 3 aromatic carbocycles. The Balaban J connectivity index is 1.57. The van der Waals surface area contributed by atoms with Gasteiger partial charge in [-0.2, -0.15) is 5.10 Å². The average Bonchev–Trinajstić information content (AvgIpc) is 3.19. The van der Waals surface area contributed by atoms with E-state index < -0.39 is 6.23 Å². The molecule has 2 heterocycles.